The molecule has 2 aromatic heterocycles. The molecule has 0 radical (unpaired) electrons. The zero-order chi connectivity index (χ0) is 20.7. The predicted molar refractivity (Wildman–Crippen MR) is 126 cm³/mol. The average molecular weight is 537 g/mol. The fraction of sp³-hybridized carbons (Fsp3) is 0.364. The number of aromatic nitrogens is 2. The maximum Gasteiger partial charge on any atom is 0.147 e. The summed E-state index contributed by atoms with van der Waals surface area (Å²) < 4.78 is 3.96. The van der Waals surface area contributed by atoms with E-state index < -0.39 is 0 Å². The molecule has 0 saturated carbocycles. The summed E-state index contributed by atoms with van der Waals surface area (Å²) in [5.74, 6) is 0.515. The molecule has 1 aliphatic rings. The molecule has 1 aromatic carbocycles. The number of nitriles is 1. The molecule has 1 fully saturated rings. The standard InChI is InChI=1S/C22H21Br2ClN4/c1-13-12-29(21-17(23)10-16(25)11-18(21)24)22-20(13)19(9-14(2)27-22)28-7-4-15(3-6-26)5-8-28/h9-12,15H,3-5,7-8H2,1-2H3. The number of anilines is 1. The number of fused-ring (bicyclic) bond motifs is 1. The summed E-state index contributed by atoms with van der Waals surface area (Å²) in [5.41, 5.74) is 5.35. The smallest absolute Gasteiger partial charge is 0.147 e. The van der Waals surface area contributed by atoms with E-state index in [2.05, 4.69) is 66.6 Å². The minimum atomic E-state index is 0.515. The van der Waals surface area contributed by atoms with Crippen LogP contribution >= 0.6 is 43.5 Å². The van der Waals surface area contributed by atoms with E-state index in [0.717, 1.165) is 51.9 Å². The van der Waals surface area contributed by atoms with Crippen LogP contribution in [0.25, 0.3) is 16.7 Å². The highest BCUT2D eigenvalue weighted by atomic mass is 79.9. The zero-order valence-corrected chi connectivity index (χ0v) is 20.3. The molecule has 4 nitrogen and oxygen atoms in total. The van der Waals surface area contributed by atoms with E-state index in [-0.39, 0.29) is 0 Å². The van der Waals surface area contributed by atoms with Gasteiger partial charge in [0.1, 0.15) is 5.65 Å². The molecule has 0 atom stereocenters. The van der Waals surface area contributed by atoms with Crippen molar-refractivity contribution in [2.75, 3.05) is 18.0 Å². The van der Waals surface area contributed by atoms with E-state index in [9.17, 15) is 0 Å². The summed E-state index contributed by atoms with van der Waals surface area (Å²) in [4.78, 5) is 7.35. The van der Waals surface area contributed by atoms with Crippen molar-refractivity contribution in [3.05, 3.63) is 49.6 Å². The number of hydrogen-bond donors (Lipinski definition) is 0. The van der Waals surface area contributed by atoms with E-state index in [1.54, 1.807) is 0 Å². The third kappa shape index (κ3) is 3.93. The molecule has 1 saturated heterocycles. The Bertz CT molecular complexity index is 1100. The minimum absolute atomic E-state index is 0.515. The normalized spacial score (nSPS) is 15.1. The van der Waals surface area contributed by atoms with Gasteiger partial charge in [0.2, 0.25) is 0 Å². The van der Waals surface area contributed by atoms with Crippen molar-refractivity contribution in [3.63, 3.8) is 0 Å². The van der Waals surface area contributed by atoms with Gasteiger partial charge in [-0.1, -0.05) is 11.6 Å². The van der Waals surface area contributed by atoms with Crippen molar-refractivity contribution >= 4 is 60.2 Å². The van der Waals surface area contributed by atoms with Crippen LogP contribution in [-0.4, -0.2) is 22.6 Å². The quantitative estimate of drug-likeness (QED) is 0.364. The Kier molecular flexibility index (Phi) is 5.92. The van der Waals surface area contributed by atoms with Crippen LogP contribution in [-0.2, 0) is 0 Å². The largest absolute Gasteiger partial charge is 0.371 e. The monoisotopic (exact) mass is 534 g/mol. The molecule has 0 bridgehead atoms. The first-order valence-electron chi connectivity index (χ1n) is 9.65. The zero-order valence-electron chi connectivity index (χ0n) is 16.3. The van der Waals surface area contributed by atoms with Crippen molar-refractivity contribution < 1.29 is 0 Å². The number of rotatable bonds is 3. The first-order chi connectivity index (χ1) is 13.9. The number of piperidine rings is 1. The molecule has 7 heteroatoms. The van der Waals surface area contributed by atoms with E-state index >= 15 is 0 Å². The SMILES string of the molecule is Cc1cc(N2CCC(CC#N)CC2)c2c(C)cn(-c3c(Br)cc(Cl)cc3Br)c2n1. The van der Waals surface area contributed by atoms with Gasteiger partial charge in [-0.25, -0.2) is 4.98 Å². The number of pyridine rings is 1. The van der Waals surface area contributed by atoms with Gasteiger partial charge >= 0.3 is 0 Å². The van der Waals surface area contributed by atoms with Gasteiger partial charge in [-0.15, -0.1) is 0 Å². The predicted octanol–water partition coefficient (Wildman–Crippen LogP) is 6.95. The third-order valence-corrected chi connectivity index (χ3v) is 7.04. The molecule has 0 spiro atoms. The van der Waals surface area contributed by atoms with Gasteiger partial charge in [0, 0.05) is 56.4 Å². The van der Waals surface area contributed by atoms with Crippen LogP contribution in [0.4, 0.5) is 5.69 Å². The van der Waals surface area contributed by atoms with Crippen LogP contribution in [0.5, 0.6) is 0 Å². The minimum Gasteiger partial charge on any atom is -0.371 e. The Morgan fingerprint density at radius 1 is 1.17 bits per heavy atom. The van der Waals surface area contributed by atoms with Crippen LogP contribution in [0.3, 0.4) is 0 Å². The van der Waals surface area contributed by atoms with Crippen molar-refractivity contribution in [2.45, 2.75) is 33.1 Å². The molecule has 0 unspecified atom stereocenters. The Morgan fingerprint density at radius 2 is 1.83 bits per heavy atom. The van der Waals surface area contributed by atoms with Crippen LogP contribution in [0.15, 0.2) is 33.3 Å². The second kappa shape index (κ2) is 8.29. The number of halogens is 3. The maximum absolute atomic E-state index is 9.00. The van der Waals surface area contributed by atoms with Gasteiger partial charge in [0.05, 0.1) is 11.8 Å². The third-order valence-electron chi connectivity index (χ3n) is 5.61. The van der Waals surface area contributed by atoms with E-state index in [1.165, 1.54) is 16.6 Å². The second-order valence-electron chi connectivity index (χ2n) is 7.67. The van der Waals surface area contributed by atoms with Gasteiger partial charge in [-0.3, -0.25) is 4.57 Å². The highest BCUT2D eigenvalue weighted by Crippen LogP contribution is 2.39. The summed E-state index contributed by atoms with van der Waals surface area (Å²) in [6.07, 6.45) is 4.92. The van der Waals surface area contributed by atoms with Crippen molar-refractivity contribution in [1.82, 2.24) is 9.55 Å². The fourth-order valence-corrected chi connectivity index (χ4v) is 6.25. The van der Waals surface area contributed by atoms with Crippen molar-refractivity contribution in [1.29, 1.82) is 5.26 Å². The number of aryl methyl sites for hydroxylation is 2. The lowest BCUT2D eigenvalue weighted by Crippen LogP contribution is -2.33. The summed E-state index contributed by atoms with van der Waals surface area (Å²) >= 11 is 13.5. The van der Waals surface area contributed by atoms with Gasteiger partial charge in [-0.2, -0.15) is 5.26 Å². The van der Waals surface area contributed by atoms with E-state index in [0.29, 0.717) is 17.4 Å². The summed E-state index contributed by atoms with van der Waals surface area (Å²) in [6, 6.07) is 8.32. The molecule has 3 aromatic rings. The van der Waals surface area contributed by atoms with E-state index in [1.807, 2.05) is 19.1 Å². The Labute approximate surface area is 192 Å². The Hall–Kier alpha value is -1.55. The second-order valence-corrected chi connectivity index (χ2v) is 9.82. The van der Waals surface area contributed by atoms with Gasteiger partial charge in [-0.05, 0) is 88.2 Å². The van der Waals surface area contributed by atoms with Crippen molar-refractivity contribution in [3.8, 4) is 11.8 Å². The van der Waals surface area contributed by atoms with Crippen LogP contribution in [0.2, 0.25) is 5.02 Å². The van der Waals surface area contributed by atoms with Crippen LogP contribution < -0.4 is 4.90 Å². The summed E-state index contributed by atoms with van der Waals surface area (Å²) in [6.45, 7) is 6.14. The molecule has 1 aliphatic heterocycles. The highest BCUT2D eigenvalue weighted by molar-refractivity contribution is 9.11. The first kappa shape index (κ1) is 20.7. The Morgan fingerprint density at radius 3 is 2.45 bits per heavy atom. The van der Waals surface area contributed by atoms with Gasteiger partial charge < -0.3 is 4.90 Å². The van der Waals surface area contributed by atoms with Gasteiger partial charge in [0.25, 0.3) is 0 Å². The Balaban J connectivity index is 1.83. The van der Waals surface area contributed by atoms with Gasteiger partial charge in [0.15, 0.2) is 0 Å². The molecule has 0 N–H and O–H groups in total. The average Bonchev–Trinajstić information content (AvgIpc) is 2.97. The lowest BCUT2D eigenvalue weighted by atomic mass is 9.93. The molecular weight excluding hydrogens is 516 g/mol. The number of hydrogen-bond acceptors (Lipinski definition) is 3. The molecule has 0 amide bonds. The number of benzene rings is 1. The molecule has 4 rings (SSSR count). The molecular formula is C22H21Br2ClN4. The summed E-state index contributed by atoms with van der Waals surface area (Å²) in [5, 5.41) is 10.9. The number of nitrogens with zero attached hydrogens (tertiary/aromatic N) is 4. The highest BCUT2D eigenvalue weighted by Gasteiger charge is 2.24. The topological polar surface area (TPSA) is 44.9 Å². The maximum atomic E-state index is 9.00. The molecule has 0 aliphatic carbocycles. The van der Waals surface area contributed by atoms with E-state index in [4.69, 9.17) is 21.8 Å². The van der Waals surface area contributed by atoms with Crippen LogP contribution in [0.1, 0.15) is 30.5 Å². The lowest BCUT2D eigenvalue weighted by molar-refractivity contribution is 0.413. The fourth-order valence-electron chi connectivity index (χ4n) is 4.20. The molecule has 150 valence electrons. The summed E-state index contributed by atoms with van der Waals surface area (Å²) in [7, 11) is 0. The van der Waals surface area contributed by atoms with Crippen LogP contribution in [0, 0.1) is 31.1 Å². The molecule has 3 heterocycles. The first-order valence-corrected chi connectivity index (χ1v) is 11.6. The van der Waals surface area contributed by atoms with Crippen molar-refractivity contribution in [2.24, 2.45) is 5.92 Å². The lowest BCUT2D eigenvalue weighted by Gasteiger charge is -2.33. The molecule has 29 heavy (non-hydrogen) atoms.